The maximum absolute atomic E-state index is 12.7. The molecule has 2 aliphatic rings. The van der Waals surface area contributed by atoms with Gasteiger partial charge in [0.05, 0.1) is 12.5 Å². The number of methoxy groups -OCH3 is 1. The number of carbonyl (C=O) groups excluding carboxylic acids is 1. The fraction of sp³-hybridized carbons (Fsp3) is 0.579. The molecule has 0 radical (unpaired) electrons. The summed E-state index contributed by atoms with van der Waals surface area (Å²) in [5, 5.41) is 9.32. The average molecular weight is 331 g/mol. The molecule has 2 atom stereocenters. The van der Waals surface area contributed by atoms with Gasteiger partial charge in [0.1, 0.15) is 5.75 Å². The summed E-state index contributed by atoms with van der Waals surface area (Å²) in [4.78, 5) is 25.7. The summed E-state index contributed by atoms with van der Waals surface area (Å²) in [6.07, 6.45) is 4.11. The third kappa shape index (κ3) is 3.12. The van der Waals surface area contributed by atoms with E-state index in [4.69, 9.17) is 4.74 Å². The number of rotatable bonds is 4. The molecule has 1 fully saturated rings. The SMILES string of the molecule is COc1ccc2c(c1)CCC[C@@H]2CC(=O)N1CC[C@](C)(C(=O)O)C1. The predicted molar refractivity (Wildman–Crippen MR) is 90.2 cm³/mol. The van der Waals surface area contributed by atoms with Crippen molar-refractivity contribution in [1.82, 2.24) is 4.90 Å². The van der Waals surface area contributed by atoms with Gasteiger partial charge in [-0.05, 0) is 61.8 Å². The van der Waals surface area contributed by atoms with E-state index in [1.165, 1.54) is 11.1 Å². The van der Waals surface area contributed by atoms with Gasteiger partial charge in [-0.15, -0.1) is 0 Å². The van der Waals surface area contributed by atoms with Gasteiger partial charge in [-0.2, -0.15) is 0 Å². The van der Waals surface area contributed by atoms with Gasteiger partial charge in [-0.25, -0.2) is 0 Å². The molecule has 5 heteroatoms. The van der Waals surface area contributed by atoms with Gasteiger partial charge in [0.25, 0.3) is 0 Å². The number of likely N-dealkylation sites (tertiary alicyclic amines) is 1. The maximum atomic E-state index is 12.7. The highest BCUT2D eigenvalue weighted by Crippen LogP contribution is 2.37. The van der Waals surface area contributed by atoms with E-state index in [0.717, 1.165) is 25.0 Å². The third-order valence-electron chi connectivity index (χ3n) is 5.55. The van der Waals surface area contributed by atoms with Crippen molar-refractivity contribution in [2.24, 2.45) is 5.41 Å². The number of carbonyl (C=O) groups is 2. The fourth-order valence-electron chi connectivity index (χ4n) is 3.92. The number of carboxylic acid groups (broad SMARTS) is 1. The van der Waals surface area contributed by atoms with Crippen LogP contribution in [0.1, 0.15) is 49.7 Å². The molecule has 130 valence electrons. The normalized spacial score (nSPS) is 26.1. The van der Waals surface area contributed by atoms with Crippen LogP contribution < -0.4 is 4.74 Å². The zero-order valence-electron chi connectivity index (χ0n) is 14.4. The van der Waals surface area contributed by atoms with Gasteiger partial charge in [-0.1, -0.05) is 6.07 Å². The topological polar surface area (TPSA) is 66.8 Å². The monoisotopic (exact) mass is 331 g/mol. The molecule has 0 spiro atoms. The number of carboxylic acids is 1. The number of aliphatic carboxylic acids is 1. The summed E-state index contributed by atoms with van der Waals surface area (Å²) in [5.74, 6) is 0.350. The lowest BCUT2D eigenvalue weighted by atomic mass is 9.80. The lowest BCUT2D eigenvalue weighted by molar-refractivity contribution is -0.147. The minimum atomic E-state index is -0.812. The van der Waals surface area contributed by atoms with Crippen molar-refractivity contribution in [3.8, 4) is 5.75 Å². The molecule has 3 rings (SSSR count). The molecule has 1 aliphatic heterocycles. The van der Waals surface area contributed by atoms with Crippen molar-refractivity contribution in [2.75, 3.05) is 20.2 Å². The first-order valence-electron chi connectivity index (χ1n) is 8.61. The molecule has 0 bridgehead atoms. The number of benzene rings is 1. The van der Waals surface area contributed by atoms with E-state index in [1.54, 1.807) is 18.9 Å². The molecule has 1 aliphatic carbocycles. The van der Waals surface area contributed by atoms with Crippen molar-refractivity contribution in [3.05, 3.63) is 29.3 Å². The van der Waals surface area contributed by atoms with Crippen molar-refractivity contribution in [2.45, 2.75) is 44.9 Å². The van der Waals surface area contributed by atoms with Gasteiger partial charge in [0, 0.05) is 19.5 Å². The molecule has 1 aromatic carbocycles. The molecule has 1 heterocycles. The third-order valence-corrected chi connectivity index (χ3v) is 5.55. The fourth-order valence-corrected chi connectivity index (χ4v) is 3.92. The Balaban J connectivity index is 1.69. The Hall–Kier alpha value is -2.04. The van der Waals surface area contributed by atoms with Crippen molar-refractivity contribution in [1.29, 1.82) is 0 Å². The van der Waals surface area contributed by atoms with Crippen LogP contribution in [0.4, 0.5) is 0 Å². The zero-order valence-corrected chi connectivity index (χ0v) is 14.4. The highest BCUT2D eigenvalue weighted by atomic mass is 16.5. The number of hydrogen-bond acceptors (Lipinski definition) is 3. The Morgan fingerprint density at radius 1 is 1.42 bits per heavy atom. The van der Waals surface area contributed by atoms with Crippen molar-refractivity contribution >= 4 is 11.9 Å². The van der Waals surface area contributed by atoms with Crippen LogP contribution in [0.3, 0.4) is 0 Å². The minimum Gasteiger partial charge on any atom is -0.497 e. The average Bonchev–Trinajstić information content (AvgIpc) is 2.98. The Morgan fingerprint density at radius 3 is 2.88 bits per heavy atom. The zero-order chi connectivity index (χ0) is 17.3. The highest BCUT2D eigenvalue weighted by molar-refractivity contribution is 5.81. The second kappa shape index (κ2) is 6.46. The summed E-state index contributed by atoms with van der Waals surface area (Å²) < 4.78 is 5.29. The van der Waals surface area contributed by atoms with Crippen LogP contribution in [0.2, 0.25) is 0 Å². The number of nitrogens with zero attached hydrogens (tertiary/aromatic N) is 1. The van der Waals surface area contributed by atoms with E-state index < -0.39 is 11.4 Å². The standard InChI is InChI=1S/C19H25NO4/c1-19(18(22)23)8-9-20(12-19)17(21)11-14-5-3-4-13-10-15(24-2)6-7-16(13)14/h6-7,10,14H,3-5,8-9,11-12H2,1-2H3,(H,22,23)/t14-,19+/m1/s1. The highest BCUT2D eigenvalue weighted by Gasteiger charge is 2.42. The quantitative estimate of drug-likeness (QED) is 0.921. The van der Waals surface area contributed by atoms with Crippen molar-refractivity contribution < 1.29 is 19.4 Å². The van der Waals surface area contributed by atoms with E-state index in [2.05, 4.69) is 12.1 Å². The first kappa shape index (κ1) is 16.8. The van der Waals surface area contributed by atoms with E-state index in [0.29, 0.717) is 25.9 Å². The Morgan fingerprint density at radius 2 is 2.21 bits per heavy atom. The molecular weight excluding hydrogens is 306 g/mol. The van der Waals surface area contributed by atoms with Crippen LogP contribution in [0.5, 0.6) is 5.75 Å². The minimum absolute atomic E-state index is 0.0774. The molecular formula is C19H25NO4. The molecule has 1 N–H and O–H groups in total. The second-order valence-corrected chi connectivity index (χ2v) is 7.29. The van der Waals surface area contributed by atoms with Gasteiger partial charge in [0.15, 0.2) is 0 Å². The summed E-state index contributed by atoms with van der Waals surface area (Å²) >= 11 is 0. The van der Waals surface area contributed by atoms with Gasteiger partial charge in [-0.3, -0.25) is 9.59 Å². The van der Waals surface area contributed by atoms with E-state index in [9.17, 15) is 14.7 Å². The second-order valence-electron chi connectivity index (χ2n) is 7.29. The molecule has 1 saturated heterocycles. The van der Waals surface area contributed by atoms with E-state index in [-0.39, 0.29) is 11.8 Å². The maximum Gasteiger partial charge on any atom is 0.311 e. The largest absolute Gasteiger partial charge is 0.497 e. The number of amides is 1. The van der Waals surface area contributed by atoms with Crippen LogP contribution in [-0.4, -0.2) is 42.1 Å². The first-order valence-corrected chi connectivity index (χ1v) is 8.61. The molecule has 0 saturated carbocycles. The number of ether oxygens (including phenoxy) is 1. The Labute approximate surface area is 142 Å². The molecule has 5 nitrogen and oxygen atoms in total. The lowest BCUT2D eigenvalue weighted by Gasteiger charge is -2.27. The number of aryl methyl sites for hydroxylation is 1. The van der Waals surface area contributed by atoms with Crippen LogP contribution in [0.25, 0.3) is 0 Å². The van der Waals surface area contributed by atoms with E-state index >= 15 is 0 Å². The predicted octanol–water partition coefficient (Wildman–Crippen LogP) is 2.83. The van der Waals surface area contributed by atoms with E-state index in [1.807, 2.05) is 6.07 Å². The Kier molecular flexibility index (Phi) is 4.52. The van der Waals surface area contributed by atoms with Crippen molar-refractivity contribution in [3.63, 3.8) is 0 Å². The summed E-state index contributed by atoms with van der Waals surface area (Å²) in [7, 11) is 1.67. The van der Waals surface area contributed by atoms with Gasteiger partial charge in [0.2, 0.25) is 5.91 Å². The lowest BCUT2D eigenvalue weighted by Crippen LogP contribution is -2.35. The summed E-state index contributed by atoms with van der Waals surface area (Å²) in [5.41, 5.74) is 1.72. The number of hydrogen-bond donors (Lipinski definition) is 1. The molecule has 0 aromatic heterocycles. The molecule has 1 amide bonds. The van der Waals surface area contributed by atoms with Crippen LogP contribution >= 0.6 is 0 Å². The number of fused-ring (bicyclic) bond motifs is 1. The van der Waals surface area contributed by atoms with Crippen LogP contribution in [0.15, 0.2) is 18.2 Å². The molecule has 0 unspecified atom stereocenters. The summed E-state index contributed by atoms with van der Waals surface area (Å²) in [6.45, 7) is 2.60. The first-order chi connectivity index (χ1) is 11.4. The van der Waals surface area contributed by atoms with Crippen LogP contribution in [0, 0.1) is 5.41 Å². The van der Waals surface area contributed by atoms with Gasteiger partial charge >= 0.3 is 5.97 Å². The van der Waals surface area contributed by atoms with Gasteiger partial charge < -0.3 is 14.7 Å². The summed E-state index contributed by atoms with van der Waals surface area (Å²) in [6, 6.07) is 6.11. The molecule has 1 aromatic rings. The smallest absolute Gasteiger partial charge is 0.311 e. The Bertz CT molecular complexity index is 657. The van der Waals surface area contributed by atoms with Crippen LogP contribution in [-0.2, 0) is 16.0 Å². The molecule has 24 heavy (non-hydrogen) atoms.